The van der Waals surface area contributed by atoms with Crippen molar-refractivity contribution < 1.29 is 19.3 Å². The number of benzene rings is 2. The molecule has 0 saturated heterocycles. The Morgan fingerprint density at radius 3 is 2.48 bits per heavy atom. The molecular formula is C18H15BrN2O4. The Hall–Kier alpha value is -2.72. The lowest BCUT2D eigenvalue weighted by Crippen LogP contribution is -2.31. The summed E-state index contributed by atoms with van der Waals surface area (Å²) in [6, 6.07) is 10.4. The van der Waals surface area contributed by atoms with E-state index in [0.29, 0.717) is 22.8 Å². The van der Waals surface area contributed by atoms with E-state index >= 15 is 0 Å². The summed E-state index contributed by atoms with van der Waals surface area (Å²) in [7, 11) is 3.08. The average Bonchev–Trinajstić information content (AvgIpc) is 2.60. The van der Waals surface area contributed by atoms with Crippen molar-refractivity contribution in [2.24, 2.45) is 5.92 Å². The lowest BCUT2D eigenvalue weighted by molar-refractivity contribution is 0.353. The van der Waals surface area contributed by atoms with Crippen molar-refractivity contribution in [3.63, 3.8) is 0 Å². The van der Waals surface area contributed by atoms with E-state index in [0.717, 1.165) is 10.0 Å². The van der Waals surface area contributed by atoms with Crippen LogP contribution in [0.15, 0.2) is 34.8 Å². The van der Waals surface area contributed by atoms with Gasteiger partial charge < -0.3 is 19.3 Å². The minimum absolute atomic E-state index is 0.0343. The van der Waals surface area contributed by atoms with Crippen LogP contribution >= 0.6 is 15.9 Å². The van der Waals surface area contributed by atoms with Gasteiger partial charge in [-0.15, -0.1) is 0 Å². The van der Waals surface area contributed by atoms with Crippen LogP contribution in [0.2, 0.25) is 0 Å². The van der Waals surface area contributed by atoms with Crippen molar-refractivity contribution in [3.8, 4) is 29.1 Å². The number of hydrogen-bond acceptors (Lipinski definition) is 6. The van der Waals surface area contributed by atoms with Crippen LogP contribution in [0, 0.1) is 22.7 Å². The molecule has 128 valence electrons. The van der Waals surface area contributed by atoms with Crippen molar-refractivity contribution >= 4 is 21.8 Å². The summed E-state index contributed by atoms with van der Waals surface area (Å²) < 4.78 is 16.8. The molecule has 0 bridgehead atoms. The summed E-state index contributed by atoms with van der Waals surface area (Å²) in [5.41, 5.74) is 1.48. The van der Waals surface area contributed by atoms with Gasteiger partial charge in [-0.05, 0) is 23.8 Å². The monoisotopic (exact) mass is 402 g/mol. The summed E-state index contributed by atoms with van der Waals surface area (Å²) in [6.07, 6.45) is 0. The summed E-state index contributed by atoms with van der Waals surface area (Å²) in [5, 5.41) is 27.4. The summed E-state index contributed by atoms with van der Waals surface area (Å²) in [5.74, 6) is 0.0699. The van der Waals surface area contributed by atoms with Crippen molar-refractivity contribution in [2.45, 2.75) is 5.92 Å². The number of hydrogen-bond donors (Lipinski definition) is 2. The van der Waals surface area contributed by atoms with E-state index < -0.39 is 11.8 Å². The van der Waals surface area contributed by atoms with E-state index in [-0.39, 0.29) is 11.6 Å². The molecule has 2 aromatic rings. The second kappa shape index (κ2) is 6.65. The first-order valence-corrected chi connectivity index (χ1v) is 8.19. The number of nitriles is 1. The zero-order chi connectivity index (χ0) is 18.1. The van der Waals surface area contributed by atoms with Crippen LogP contribution in [0.3, 0.4) is 0 Å². The van der Waals surface area contributed by atoms with Crippen molar-refractivity contribution in [2.75, 3.05) is 14.2 Å². The number of aromatic hydroxyl groups is 1. The van der Waals surface area contributed by atoms with E-state index in [4.69, 9.17) is 19.6 Å². The van der Waals surface area contributed by atoms with Crippen LogP contribution in [0.25, 0.3) is 0 Å². The topological polar surface area (TPSA) is 95.6 Å². The SMILES string of the molecule is COc1cc(Br)c(C2c3ccc(O)cc3OC(=N)C2C#N)cc1OC. The Labute approximate surface area is 153 Å². The maximum atomic E-state index is 9.70. The molecule has 3 rings (SSSR count). The van der Waals surface area contributed by atoms with Crippen LogP contribution in [0.1, 0.15) is 17.0 Å². The van der Waals surface area contributed by atoms with Gasteiger partial charge >= 0.3 is 0 Å². The Morgan fingerprint density at radius 2 is 1.84 bits per heavy atom. The highest BCUT2D eigenvalue weighted by molar-refractivity contribution is 9.10. The fraction of sp³-hybridized carbons (Fsp3) is 0.222. The summed E-state index contributed by atoms with van der Waals surface area (Å²) in [4.78, 5) is 0. The molecule has 1 heterocycles. The molecule has 2 N–H and O–H groups in total. The Bertz CT molecular complexity index is 891. The first-order valence-electron chi connectivity index (χ1n) is 7.40. The summed E-state index contributed by atoms with van der Waals surface area (Å²) >= 11 is 3.52. The number of rotatable bonds is 3. The number of nitrogens with zero attached hydrogens (tertiary/aromatic N) is 1. The van der Waals surface area contributed by atoms with Gasteiger partial charge in [-0.25, -0.2) is 0 Å². The van der Waals surface area contributed by atoms with E-state index in [1.165, 1.54) is 19.2 Å². The van der Waals surface area contributed by atoms with Crippen molar-refractivity contribution in [1.29, 1.82) is 10.7 Å². The smallest absolute Gasteiger partial charge is 0.205 e. The molecule has 2 unspecified atom stereocenters. The lowest BCUT2D eigenvalue weighted by Gasteiger charge is -2.31. The number of phenolic OH excluding ortho intramolecular Hbond substituents is 1. The van der Waals surface area contributed by atoms with Gasteiger partial charge in [0, 0.05) is 22.0 Å². The van der Waals surface area contributed by atoms with Gasteiger partial charge in [-0.3, -0.25) is 5.41 Å². The largest absolute Gasteiger partial charge is 0.508 e. The lowest BCUT2D eigenvalue weighted by atomic mass is 9.79. The normalized spacial score (nSPS) is 18.7. The fourth-order valence-electron chi connectivity index (χ4n) is 2.97. The van der Waals surface area contributed by atoms with Crippen molar-refractivity contribution in [3.05, 3.63) is 45.9 Å². The predicted molar refractivity (Wildman–Crippen MR) is 94.7 cm³/mol. The molecule has 0 saturated carbocycles. The van der Waals surface area contributed by atoms with Gasteiger partial charge in [0.15, 0.2) is 11.5 Å². The minimum atomic E-state index is -0.800. The quantitative estimate of drug-likeness (QED) is 0.813. The maximum Gasteiger partial charge on any atom is 0.205 e. The molecule has 7 heteroatoms. The molecule has 0 fully saturated rings. The third-order valence-corrected chi connectivity index (χ3v) is 4.83. The van der Waals surface area contributed by atoms with Crippen molar-refractivity contribution in [1.82, 2.24) is 0 Å². The Balaban J connectivity index is 2.24. The molecular weight excluding hydrogens is 388 g/mol. The number of fused-ring (bicyclic) bond motifs is 1. The average molecular weight is 403 g/mol. The molecule has 0 amide bonds. The Kier molecular flexibility index (Phi) is 4.55. The molecule has 1 aliphatic rings. The molecule has 0 aliphatic carbocycles. The van der Waals surface area contributed by atoms with Crippen LogP contribution in [0.5, 0.6) is 23.0 Å². The highest BCUT2D eigenvalue weighted by Crippen LogP contribution is 2.47. The Morgan fingerprint density at radius 1 is 1.16 bits per heavy atom. The van der Waals surface area contributed by atoms with Gasteiger partial charge in [-0.2, -0.15) is 5.26 Å². The third-order valence-electron chi connectivity index (χ3n) is 4.14. The molecule has 25 heavy (non-hydrogen) atoms. The number of nitrogens with one attached hydrogen (secondary N) is 1. The van der Waals surface area contributed by atoms with Crippen LogP contribution in [-0.4, -0.2) is 25.2 Å². The van der Waals surface area contributed by atoms with Crippen LogP contribution < -0.4 is 14.2 Å². The molecule has 6 nitrogen and oxygen atoms in total. The van der Waals surface area contributed by atoms with E-state index in [1.807, 2.05) is 0 Å². The first kappa shape index (κ1) is 17.1. The maximum absolute atomic E-state index is 9.70. The van der Waals surface area contributed by atoms with Gasteiger partial charge in [0.1, 0.15) is 17.4 Å². The van der Waals surface area contributed by atoms with Crippen LogP contribution in [-0.2, 0) is 0 Å². The summed E-state index contributed by atoms with van der Waals surface area (Å²) in [6.45, 7) is 0. The molecule has 1 aliphatic heterocycles. The number of methoxy groups -OCH3 is 2. The first-order chi connectivity index (χ1) is 12.0. The van der Waals surface area contributed by atoms with Gasteiger partial charge in [0.2, 0.25) is 5.90 Å². The molecule has 0 spiro atoms. The number of ether oxygens (including phenoxy) is 3. The molecule has 2 atom stereocenters. The van der Waals surface area contributed by atoms with Crippen LogP contribution in [0.4, 0.5) is 0 Å². The highest BCUT2D eigenvalue weighted by atomic mass is 79.9. The van der Waals surface area contributed by atoms with Gasteiger partial charge in [0.25, 0.3) is 0 Å². The zero-order valence-corrected chi connectivity index (χ0v) is 15.1. The molecule has 0 aromatic heterocycles. The zero-order valence-electron chi connectivity index (χ0n) is 13.5. The van der Waals surface area contributed by atoms with E-state index in [1.54, 1.807) is 25.3 Å². The fourth-order valence-corrected chi connectivity index (χ4v) is 3.54. The number of halogens is 1. The highest BCUT2D eigenvalue weighted by Gasteiger charge is 2.38. The standard InChI is InChI=1S/C18H15BrN2O4/c1-23-15-6-11(13(19)7-16(15)24-2)17-10-4-3-9(22)5-14(10)25-18(21)12(17)8-20/h3-7,12,17,21-22H,1-2H3. The molecule has 2 aromatic carbocycles. The van der Waals surface area contributed by atoms with Gasteiger partial charge in [0.05, 0.1) is 20.3 Å². The minimum Gasteiger partial charge on any atom is -0.508 e. The second-order valence-electron chi connectivity index (χ2n) is 5.50. The third kappa shape index (κ3) is 2.89. The van der Waals surface area contributed by atoms with E-state index in [2.05, 4.69) is 22.0 Å². The van der Waals surface area contributed by atoms with Gasteiger partial charge in [-0.1, -0.05) is 22.0 Å². The predicted octanol–water partition coefficient (Wildman–Crippen LogP) is 3.81. The second-order valence-corrected chi connectivity index (χ2v) is 6.36. The molecule has 0 radical (unpaired) electrons. The van der Waals surface area contributed by atoms with E-state index in [9.17, 15) is 10.4 Å². The number of phenols is 1.